The Hall–Kier alpha value is -5.15. The molecule has 4 aromatic carbocycles. The maximum atomic E-state index is 13.5. The summed E-state index contributed by atoms with van der Waals surface area (Å²) in [5, 5.41) is 13.8. The summed E-state index contributed by atoms with van der Waals surface area (Å²) in [6.45, 7) is 3.54. The van der Waals surface area contributed by atoms with Gasteiger partial charge >= 0.3 is 0 Å². The van der Waals surface area contributed by atoms with E-state index < -0.39 is 17.1 Å². The van der Waals surface area contributed by atoms with E-state index in [0.717, 1.165) is 21.2 Å². The molecule has 0 aliphatic carbocycles. The van der Waals surface area contributed by atoms with Gasteiger partial charge in [-0.15, -0.1) is 11.8 Å². The molecule has 8 nitrogen and oxygen atoms in total. The number of anilines is 2. The van der Waals surface area contributed by atoms with Crippen LogP contribution in [0.3, 0.4) is 0 Å². The van der Waals surface area contributed by atoms with Crippen LogP contribution in [0.15, 0.2) is 118 Å². The first-order valence-corrected chi connectivity index (χ1v) is 14.1. The second kappa shape index (κ2) is 13.0. The highest BCUT2D eigenvalue weighted by atomic mass is 32.2. The van der Waals surface area contributed by atoms with Crippen LogP contribution in [0.5, 0.6) is 0 Å². The number of thioether (sulfide) groups is 1. The lowest BCUT2D eigenvalue weighted by Crippen LogP contribution is -2.30. The minimum atomic E-state index is -0.469. The van der Waals surface area contributed by atoms with Gasteiger partial charge in [0.2, 0.25) is 5.91 Å². The van der Waals surface area contributed by atoms with Crippen molar-refractivity contribution in [2.24, 2.45) is 0 Å². The van der Waals surface area contributed by atoms with Gasteiger partial charge in [-0.2, -0.15) is 0 Å². The molecule has 42 heavy (non-hydrogen) atoms. The van der Waals surface area contributed by atoms with E-state index in [4.69, 9.17) is 4.52 Å². The SMILES string of the molecule is Cc1cc(NC(=O)C(C)Sc2ccc(NC(=O)/C(=C/c3cccc4ccccc34)NC(=O)c3ccccc3)cc2)no1. The second-order valence-electron chi connectivity index (χ2n) is 9.50. The number of benzene rings is 4. The zero-order valence-electron chi connectivity index (χ0n) is 23.0. The fraction of sp³-hybridized carbons (Fsp3) is 0.0909. The quantitative estimate of drug-likeness (QED) is 0.134. The molecule has 210 valence electrons. The highest BCUT2D eigenvalue weighted by Crippen LogP contribution is 2.26. The van der Waals surface area contributed by atoms with Gasteiger partial charge in [0.05, 0.1) is 5.25 Å². The van der Waals surface area contributed by atoms with E-state index in [1.165, 1.54) is 11.8 Å². The number of aryl methyl sites for hydroxylation is 1. The van der Waals surface area contributed by atoms with Crippen LogP contribution in [-0.2, 0) is 9.59 Å². The fourth-order valence-electron chi connectivity index (χ4n) is 4.20. The summed E-state index contributed by atoms with van der Waals surface area (Å²) < 4.78 is 4.99. The number of aromatic nitrogens is 1. The van der Waals surface area contributed by atoms with Gasteiger partial charge in [-0.25, -0.2) is 0 Å². The molecule has 0 saturated heterocycles. The molecule has 3 N–H and O–H groups in total. The molecule has 0 saturated carbocycles. The van der Waals surface area contributed by atoms with Crippen LogP contribution in [0.1, 0.15) is 28.6 Å². The number of fused-ring (bicyclic) bond motifs is 1. The van der Waals surface area contributed by atoms with Crippen molar-refractivity contribution in [2.75, 3.05) is 10.6 Å². The number of amides is 3. The number of hydrogen-bond acceptors (Lipinski definition) is 6. The summed E-state index contributed by atoms with van der Waals surface area (Å²) in [5.74, 6) is -0.0870. The number of rotatable bonds is 9. The van der Waals surface area contributed by atoms with Crippen LogP contribution in [0.25, 0.3) is 16.8 Å². The fourth-order valence-corrected chi connectivity index (χ4v) is 5.07. The Balaban J connectivity index is 1.31. The summed E-state index contributed by atoms with van der Waals surface area (Å²) in [4.78, 5) is 39.9. The van der Waals surface area contributed by atoms with Crippen molar-refractivity contribution in [3.8, 4) is 0 Å². The van der Waals surface area contributed by atoms with Gasteiger partial charge in [-0.3, -0.25) is 14.4 Å². The van der Waals surface area contributed by atoms with Crippen molar-refractivity contribution in [3.05, 3.63) is 126 Å². The highest BCUT2D eigenvalue weighted by Gasteiger charge is 2.18. The Morgan fingerprint density at radius 2 is 1.57 bits per heavy atom. The van der Waals surface area contributed by atoms with Crippen LogP contribution in [0.2, 0.25) is 0 Å². The van der Waals surface area contributed by atoms with Gasteiger partial charge in [0.25, 0.3) is 11.8 Å². The average Bonchev–Trinajstić information content (AvgIpc) is 3.42. The third kappa shape index (κ3) is 7.13. The molecule has 1 heterocycles. The molecule has 5 rings (SSSR count). The van der Waals surface area contributed by atoms with E-state index in [1.54, 1.807) is 62.4 Å². The standard InChI is InChI=1S/C33H28N4O4S/c1-21-19-30(37-41-21)36-31(38)22(2)42-27-17-15-26(16-18-27)34-33(40)29(35-32(39)24-10-4-3-5-11-24)20-25-13-8-12-23-9-6-7-14-28(23)25/h3-20,22H,1-2H3,(H,34,40)(H,35,39)(H,36,37,38)/b29-20-. The van der Waals surface area contributed by atoms with Crippen molar-refractivity contribution in [3.63, 3.8) is 0 Å². The normalized spacial score (nSPS) is 12.0. The van der Waals surface area contributed by atoms with Crippen LogP contribution in [-0.4, -0.2) is 28.1 Å². The molecule has 0 radical (unpaired) electrons. The van der Waals surface area contributed by atoms with Gasteiger partial charge in [-0.05, 0) is 72.7 Å². The zero-order chi connectivity index (χ0) is 29.5. The number of carbonyl (C=O) groups is 3. The first-order valence-electron chi connectivity index (χ1n) is 13.2. The van der Waals surface area contributed by atoms with Crippen LogP contribution < -0.4 is 16.0 Å². The second-order valence-corrected chi connectivity index (χ2v) is 10.9. The van der Waals surface area contributed by atoms with Gasteiger partial charge < -0.3 is 20.5 Å². The molecule has 1 atom stereocenters. The smallest absolute Gasteiger partial charge is 0.272 e. The third-order valence-electron chi connectivity index (χ3n) is 6.33. The van der Waals surface area contributed by atoms with Gasteiger partial charge in [0.15, 0.2) is 5.82 Å². The molecule has 0 bridgehead atoms. The van der Waals surface area contributed by atoms with Crippen LogP contribution in [0, 0.1) is 6.92 Å². The number of hydrogen-bond donors (Lipinski definition) is 3. The number of nitrogens with zero attached hydrogens (tertiary/aromatic N) is 1. The molecular weight excluding hydrogens is 548 g/mol. The van der Waals surface area contributed by atoms with E-state index in [0.29, 0.717) is 22.8 Å². The maximum Gasteiger partial charge on any atom is 0.272 e. The summed E-state index contributed by atoms with van der Waals surface area (Å²) >= 11 is 1.37. The first kappa shape index (κ1) is 28.4. The molecule has 9 heteroatoms. The molecule has 1 aromatic heterocycles. The number of carbonyl (C=O) groups excluding carboxylic acids is 3. The Morgan fingerprint density at radius 1 is 0.857 bits per heavy atom. The Bertz CT molecular complexity index is 1760. The Morgan fingerprint density at radius 3 is 2.31 bits per heavy atom. The van der Waals surface area contributed by atoms with Crippen molar-refractivity contribution < 1.29 is 18.9 Å². The van der Waals surface area contributed by atoms with Gasteiger partial charge in [0.1, 0.15) is 11.5 Å². The molecule has 0 spiro atoms. The summed E-state index contributed by atoms with van der Waals surface area (Å²) in [7, 11) is 0. The summed E-state index contributed by atoms with van der Waals surface area (Å²) in [6, 6.07) is 31.2. The predicted molar refractivity (Wildman–Crippen MR) is 166 cm³/mol. The molecule has 5 aromatic rings. The lowest BCUT2D eigenvalue weighted by Gasteiger charge is -2.13. The van der Waals surface area contributed by atoms with Crippen molar-refractivity contribution in [1.82, 2.24) is 10.5 Å². The average molecular weight is 577 g/mol. The van der Waals surface area contributed by atoms with E-state index in [2.05, 4.69) is 21.1 Å². The predicted octanol–water partition coefficient (Wildman–Crippen LogP) is 6.67. The molecule has 0 aliphatic rings. The minimum absolute atomic E-state index is 0.104. The minimum Gasteiger partial charge on any atom is -0.360 e. The topological polar surface area (TPSA) is 113 Å². The summed E-state index contributed by atoms with van der Waals surface area (Å²) in [6.07, 6.45) is 1.68. The van der Waals surface area contributed by atoms with Crippen LogP contribution in [0.4, 0.5) is 11.5 Å². The van der Waals surface area contributed by atoms with Gasteiger partial charge in [-0.1, -0.05) is 65.8 Å². The first-order chi connectivity index (χ1) is 20.4. The molecular formula is C33H28N4O4S. The monoisotopic (exact) mass is 576 g/mol. The lowest BCUT2D eigenvalue weighted by atomic mass is 10.0. The van der Waals surface area contributed by atoms with E-state index in [1.807, 2.05) is 60.7 Å². The largest absolute Gasteiger partial charge is 0.360 e. The molecule has 3 amide bonds. The third-order valence-corrected chi connectivity index (χ3v) is 7.44. The van der Waals surface area contributed by atoms with E-state index in [9.17, 15) is 14.4 Å². The van der Waals surface area contributed by atoms with E-state index in [-0.39, 0.29) is 11.6 Å². The van der Waals surface area contributed by atoms with Crippen molar-refractivity contribution in [2.45, 2.75) is 24.0 Å². The van der Waals surface area contributed by atoms with E-state index >= 15 is 0 Å². The Labute approximate surface area is 247 Å². The zero-order valence-corrected chi connectivity index (χ0v) is 23.8. The highest BCUT2D eigenvalue weighted by molar-refractivity contribution is 8.00. The lowest BCUT2D eigenvalue weighted by molar-refractivity contribution is -0.115. The molecule has 0 aliphatic heterocycles. The maximum absolute atomic E-state index is 13.5. The molecule has 1 unspecified atom stereocenters. The summed E-state index contributed by atoms with van der Waals surface area (Å²) in [5.41, 5.74) is 1.88. The Kier molecular flexibility index (Phi) is 8.79. The van der Waals surface area contributed by atoms with Crippen molar-refractivity contribution >= 4 is 57.8 Å². The van der Waals surface area contributed by atoms with Gasteiger partial charge in [0, 0.05) is 22.2 Å². The number of nitrogens with one attached hydrogen (secondary N) is 3. The molecule has 0 fully saturated rings. The van der Waals surface area contributed by atoms with Crippen LogP contribution >= 0.6 is 11.8 Å². The van der Waals surface area contributed by atoms with Crippen molar-refractivity contribution in [1.29, 1.82) is 0 Å².